The highest BCUT2D eigenvalue weighted by Crippen LogP contribution is 2.38. The summed E-state index contributed by atoms with van der Waals surface area (Å²) in [4.78, 5) is 32.7. The van der Waals surface area contributed by atoms with Crippen molar-refractivity contribution in [3.8, 4) is 0 Å². The molecule has 0 radical (unpaired) electrons. The van der Waals surface area contributed by atoms with Gasteiger partial charge in [-0.15, -0.1) is 0 Å². The van der Waals surface area contributed by atoms with Crippen LogP contribution in [-0.4, -0.2) is 28.8 Å². The summed E-state index contributed by atoms with van der Waals surface area (Å²) in [7, 11) is 0. The molecule has 0 spiro atoms. The van der Waals surface area contributed by atoms with E-state index in [0.29, 0.717) is 12.5 Å². The van der Waals surface area contributed by atoms with E-state index in [9.17, 15) is 9.59 Å². The van der Waals surface area contributed by atoms with Crippen molar-refractivity contribution in [2.24, 2.45) is 5.92 Å². The third-order valence-electron chi connectivity index (χ3n) is 4.03. The number of carbonyl (C=O) groups is 1. The molecule has 19 heavy (non-hydrogen) atoms. The summed E-state index contributed by atoms with van der Waals surface area (Å²) in [6.07, 6.45) is 4.16. The average Bonchev–Trinajstić information content (AvgIpc) is 3.22. The van der Waals surface area contributed by atoms with E-state index in [1.807, 2.05) is 0 Å². The fourth-order valence-electron chi connectivity index (χ4n) is 2.69. The van der Waals surface area contributed by atoms with Crippen molar-refractivity contribution in [2.75, 3.05) is 18.0 Å². The van der Waals surface area contributed by atoms with E-state index in [1.165, 1.54) is 0 Å². The van der Waals surface area contributed by atoms with Gasteiger partial charge in [-0.25, -0.2) is 4.98 Å². The maximum Gasteiger partial charge on any atom is 0.252 e. The lowest BCUT2D eigenvalue weighted by Gasteiger charge is -2.32. The van der Waals surface area contributed by atoms with Gasteiger partial charge in [0, 0.05) is 31.0 Å². The molecule has 1 N–H and O–H groups in total. The molecule has 5 heteroatoms. The van der Waals surface area contributed by atoms with Gasteiger partial charge in [-0.1, -0.05) is 0 Å². The summed E-state index contributed by atoms with van der Waals surface area (Å²) in [5, 5.41) is 0. The van der Waals surface area contributed by atoms with Gasteiger partial charge in [0.2, 0.25) is 0 Å². The van der Waals surface area contributed by atoms with Crippen LogP contribution >= 0.6 is 0 Å². The van der Waals surface area contributed by atoms with Gasteiger partial charge in [-0.2, -0.15) is 0 Å². The highest BCUT2D eigenvalue weighted by atomic mass is 16.1. The standard InChI is InChI=1S/C14H19N3O2/c1-9(18)11-3-2-6-17(8-11)12-7-13(19)16-14(15-12)10-4-5-10/h7,10-11H,2-6,8H2,1H3,(H,15,16,19). The topological polar surface area (TPSA) is 66.1 Å². The number of piperidine rings is 1. The Morgan fingerprint density at radius 1 is 1.42 bits per heavy atom. The van der Waals surface area contributed by atoms with Crippen molar-refractivity contribution in [3.63, 3.8) is 0 Å². The number of H-pyrrole nitrogens is 1. The molecule has 2 fully saturated rings. The molecule has 1 aliphatic carbocycles. The lowest BCUT2D eigenvalue weighted by molar-refractivity contribution is -0.120. The molecule has 0 aromatic carbocycles. The van der Waals surface area contributed by atoms with Gasteiger partial charge < -0.3 is 9.88 Å². The van der Waals surface area contributed by atoms with Gasteiger partial charge >= 0.3 is 0 Å². The number of ketones is 1. The first-order chi connectivity index (χ1) is 9.13. The van der Waals surface area contributed by atoms with Gasteiger partial charge in [0.15, 0.2) is 0 Å². The molecule has 0 amide bonds. The third-order valence-corrected chi connectivity index (χ3v) is 4.03. The van der Waals surface area contributed by atoms with Crippen LogP contribution in [-0.2, 0) is 4.79 Å². The minimum absolute atomic E-state index is 0.0826. The first-order valence-electron chi connectivity index (χ1n) is 7.00. The number of rotatable bonds is 3. The molecule has 3 rings (SSSR count). The number of hydrogen-bond acceptors (Lipinski definition) is 4. The summed E-state index contributed by atoms with van der Waals surface area (Å²) in [6.45, 7) is 3.22. The predicted octanol–water partition coefficient (Wildman–Crippen LogP) is 1.45. The average molecular weight is 261 g/mol. The van der Waals surface area contributed by atoms with Crippen molar-refractivity contribution < 1.29 is 4.79 Å². The van der Waals surface area contributed by atoms with Gasteiger partial charge in [-0.3, -0.25) is 9.59 Å². The molecular formula is C14H19N3O2. The van der Waals surface area contributed by atoms with Crippen molar-refractivity contribution >= 4 is 11.6 Å². The van der Waals surface area contributed by atoms with Gasteiger partial charge in [0.05, 0.1) is 0 Å². The Hall–Kier alpha value is -1.65. The molecular weight excluding hydrogens is 242 g/mol. The molecule has 2 heterocycles. The van der Waals surface area contributed by atoms with Crippen molar-refractivity contribution in [1.82, 2.24) is 9.97 Å². The minimum Gasteiger partial charge on any atom is -0.356 e. The molecule has 1 unspecified atom stereocenters. The van der Waals surface area contributed by atoms with Crippen LogP contribution in [0.5, 0.6) is 0 Å². The second kappa shape index (κ2) is 4.79. The maximum absolute atomic E-state index is 11.7. The van der Waals surface area contributed by atoms with E-state index in [4.69, 9.17) is 0 Å². The zero-order valence-electron chi connectivity index (χ0n) is 11.2. The van der Waals surface area contributed by atoms with Crippen LogP contribution in [0.15, 0.2) is 10.9 Å². The number of hydrogen-bond donors (Lipinski definition) is 1. The predicted molar refractivity (Wildman–Crippen MR) is 72.5 cm³/mol. The van der Waals surface area contributed by atoms with Crippen LogP contribution in [0.2, 0.25) is 0 Å². The van der Waals surface area contributed by atoms with E-state index in [2.05, 4.69) is 14.9 Å². The Morgan fingerprint density at radius 2 is 2.21 bits per heavy atom. The molecule has 1 aromatic heterocycles. The van der Waals surface area contributed by atoms with Crippen molar-refractivity contribution in [3.05, 3.63) is 22.2 Å². The molecule has 1 saturated carbocycles. The molecule has 5 nitrogen and oxygen atoms in total. The molecule has 1 saturated heterocycles. The maximum atomic E-state index is 11.7. The number of Topliss-reactive ketones (excluding diaryl/α,β-unsaturated/α-hetero) is 1. The summed E-state index contributed by atoms with van der Waals surface area (Å²) in [5.41, 5.74) is -0.0863. The monoisotopic (exact) mass is 261 g/mol. The molecule has 1 aromatic rings. The van der Waals surface area contributed by atoms with Crippen LogP contribution < -0.4 is 10.5 Å². The van der Waals surface area contributed by atoms with Crippen LogP contribution in [0.4, 0.5) is 5.82 Å². The first kappa shape index (κ1) is 12.4. The van der Waals surface area contributed by atoms with Crippen LogP contribution in [0.1, 0.15) is 44.3 Å². The van der Waals surface area contributed by atoms with E-state index in [0.717, 1.165) is 43.9 Å². The minimum atomic E-state index is -0.0863. The van der Waals surface area contributed by atoms with Gasteiger partial charge in [-0.05, 0) is 32.6 Å². The zero-order chi connectivity index (χ0) is 13.4. The number of nitrogens with one attached hydrogen (secondary N) is 1. The van der Waals surface area contributed by atoms with E-state index < -0.39 is 0 Å². The number of carbonyl (C=O) groups excluding carboxylic acids is 1. The summed E-state index contributed by atoms with van der Waals surface area (Å²) in [6, 6.07) is 1.55. The Labute approximate surface area is 112 Å². The van der Waals surface area contributed by atoms with E-state index in [1.54, 1.807) is 13.0 Å². The third kappa shape index (κ3) is 2.69. The van der Waals surface area contributed by atoms with Crippen LogP contribution in [0, 0.1) is 5.92 Å². The van der Waals surface area contributed by atoms with Crippen molar-refractivity contribution in [2.45, 2.75) is 38.5 Å². The molecule has 1 aliphatic heterocycles. The van der Waals surface area contributed by atoms with E-state index in [-0.39, 0.29) is 17.3 Å². The van der Waals surface area contributed by atoms with Crippen LogP contribution in [0.3, 0.4) is 0 Å². The molecule has 0 bridgehead atoms. The molecule has 102 valence electrons. The van der Waals surface area contributed by atoms with Crippen molar-refractivity contribution in [1.29, 1.82) is 0 Å². The highest BCUT2D eigenvalue weighted by Gasteiger charge is 2.28. The number of aromatic amines is 1. The fraction of sp³-hybridized carbons (Fsp3) is 0.643. The number of anilines is 1. The number of nitrogens with zero attached hydrogens (tertiary/aromatic N) is 2. The SMILES string of the molecule is CC(=O)C1CCCN(c2cc(=O)[nH]c(C3CC3)n2)C1. The lowest BCUT2D eigenvalue weighted by Crippen LogP contribution is -2.39. The molecule has 1 atom stereocenters. The van der Waals surface area contributed by atoms with Gasteiger partial charge in [0.25, 0.3) is 5.56 Å². The highest BCUT2D eigenvalue weighted by molar-refractivity contribution is 5.79. The van der Waals surface area contributed by atoms with Gasteiger partial charge in [0.1, 0.15) is 17.4 Å². The van der Waals surface area contributed by atoms with Crippen LogP contribution in [0.25, 0.3) is 0 Å². The largest absolute Gasteiger partial charge is 0.356 e. The second-order valence-corrected chi connectivity index (χ2v) is 5.66. The Bertz CT molecular complexity index is 548. The summed E-state index contributed by atoms with van der Waals surface area (Å²) in [5.74, 6) is 2.29. The smallest absolute Gasteiger partial charge is 0.252 e. The summed E-state index contributed by atoms with van der Waals surface area (Å²) < 4.78 is 0. The normalized spacial score (nSPS) is 23.4. The fourth-order valence-corrected chi connectivity index (χ4v) is 2.69. The van der Waals surface area contributed by atoms with E-state index >= 15 is 0 Å². The second-order valence-electron chi connectivity index (χ2n) is 5.66. The molecule has 2 aliphatic rings. The summed E-state index contributed by atoms with van der Waals surface area (Å²) >= 11 is 0. The Balaban J connectivity index is 1.84. The Morgan fingerprint density at radius 3 is 2.89 bits per heavy atom. The quantitative estimate of drug-likeness (QED) is 0.894. The first-order valence-corrected chi connectivity index (χ1v) is 7.00. The Kier molecular flexibility index (Phi) is 3.12. The lowest BCUT2D eigenvalue weighted by atomic mass is 9.95. The number of aromatic nitrogens is 2. The zero-order valence-corrected chi connectivity index (χ0v) is 11.2.